The minimum atomic E-state index is -0.447. The first-order chi connectivity index (χ1) is 18.4. The highest BCUT2D eigenvalue weighted by Gasteiger charge is 2.30. The van der Waals surface area contributed by atoms with Gasteiger partial charge in [-0.05, 0) is 43.5 Å². The van der Waals surface area contributed by atoms with E-state index >= 15 is 0 Å². The van der Waals surface area contributed by atoms with Gasteiger partial charge in [0.1, 0.15) is 6.04 Å². The van der Waals surface area contributed by atoms with Gasteiger partial charge in [0.05, 0.1) is 24.6 Å². The summed E-state index contributed by atoms with van der Waals surface area (Å²) in [6.45, 7) is 2.68. The Morgan fingerprint density at radius 1 is 1.13 bits per heavy atom. The molecule has 5 rings (SSSR count). The van der Waals surface area contributed by atoms with Gasteiger partial charge in [-0.3, -0.25) is 14.4 Å². The Kier molecular flexibility index (Phi) is 8.70. The molecule has 2 aliphatic rings. The number of ether oxygens (including phenoxy) is 1. The molecule has 2 aromatic carbocycles. The topological polar surface area (TPSA) is 92.8 Å². The van der Waals surface area contributed by atoms with Crippen LogP contribution in [0.15, 0.2) is 52.6 Å². The Balaban J connectivity index is 1.53. The van der Waals surface area contributed by atoms with E-state index in [1.54, 1.807) is 11.8 Å². The number of carbonyl (C=O) groups is 1. The van der Waals surface area contributed by atoms with E-state index < -0.39 is 6.04 Å². The zero-order chi connectivity index (χ0) is 26.6. The smallest absolute Gasteiger partial charge is 0.305 e. The van der Waals surface area contributed by atoms with Crippen molar-refractivity contribution in [1.29, 1.82) is 0 Å². The number of thioether (sulfide) groups is 1. The summed E-state index contributed by atoms with van der Waals surface area (Å²) in [7, 11) is 1.38. The Labute approximate surface area is 236 Å². The number of carbonyl (C=O) groups excluding carboxylic acids is 1. The lowest BCUT2D eigenvalue weighted by molar-refractivity contribution is -0.140. The number of halogens is 2. The third-order valence-electron chi connectivity index (χ3n) is 6.87. The highest BCUT2D eigenvalue weighted by Crippen LogP contribution is 2.37. The van der Waals surface area contributed by atoms with Gasteiger partial charge in [-0.25, -0.2) is 0 Å². The molecule has 0 aliphatic carbocycles. The SMILES string of the molecule is COC(=O)CC[C@@H]1N=C(c2ccccc2Cl)c2cc(Cl)ccc2-n2c(SCCN3CCC(O)CC3)nnc21. The number of aliphatic hydroxyl groups excluding tert-OH is 1. The van der Waals surface area contributed by atoms with E-state index in [9.17, 15) is 9.90 Å². The summed E-state index contributed by atoms with van der Waals surface area (Å²) in [5.74, 6) is 1.17. The summed E-state index contributed by atoms with van der Waals surface area (Å²) in [5.41, 5.74) is 3.15. The van der Waals surface area contributed by atoms with Crippen LogP contribution in [0.25, 0.3) is 5.69 Å². The molecule has 0 unspecified atom stereocenters. The third-order valence-corrected chi connectivity index (χ3v) is 8.34. The number of nitrogens with zero attached hydrogens (tertiary/aromatic N) is 5. The van der Waals surface area contributed by atoms with E-state index in [-0.39, 0.29) is 18.5 Å². The zero-order valence-corrected chi connectivity index (χ0v) is 23.3. The van der Waals surface area contributed by atoms with Crippen molar-refractivity contribution >= 4 is 46.6 Å². The van der Waals surface area contributed by atoms with Crippen molar-refractivity contribution in [1.82, 2.24) is 19.7 Å². The van der Waals surface area contributed by atoms with Crippen molar-refractivity contribution < 1.29 is 14.6 Å². The number of hydrogen-bond donors (Lipinski definition) is 1. The van der Waals surface area contributed by atoms with Gasteiger partial charge < -0.3 is 14.7 Å². The molecule has 1 aromatic heterocycles. The molecule has 0 amide bonds. The van der Waals surface area contributed by atoms with E-state index in [1.807, 2.05) is 47.0 Å². The second-order valence-corrected chi connectivity index (χ2v) is 11.3. The molecule has 3 heterocycles. The number of methoxy groups -OCH3 is 1. The third kappa shape index (κ3) is 5.92. The predicted octanol–water partition coefficient (Wildman–Crippen LogP) is 4.97. The van der Waals surface area contributed by atoms with Crippen LogP contribution in [0, 0.1) is 0 Å². The fourth-order valence-electron chi connectivity index (χ4n) is 4.82. The van der Waals surface area contributed by atoms with Crippen LogP contribution in [0.4, 0.5) is 0 Å². The summed E-state index contributed by atoms with van der Waals surface area (Å²) < 4.78 is 6.93. The lowest BCUT2D eigenvalue weighted by atomic mass is 10.00. The lowest BCUT2D eigenvalue weighted by Crippen LogP contribution is -2.37. The number of aliphatic hydroxyl groups is 1. The van der Waals surface area contributed by atoms with Crippen molar-refractivity contribution in [3.8, 4) is 5.69 Å². The number of aromatic nitrogens is 3. The molecule has 1 fully saturated rings. The van der Waals surface area contributed by atoms with Crippen molar-refractivity contribution in [3.05, 3.63) is 69.5 Å². The van der Waals surface area contributed by atoms with Crippen LogP contribution >= 0.6 is 35.0 Å². The Morgan fingerprint density at radius 2 is 1.92 bits per heavy atom. The number of esters is 1. The summed E-state index contributed by atoms with van der Waals surface area (Å²) >= 11 is 14.7. The van der Waals surface area contributed by atoms with Crippen LogP contribution in [0.1, 0.15) is 48.7 Å². The van der Waals surface area contributed by atoms with Crippen molar-refractivity contribution in [3.63, 3.8) is 0 Å². The highest BCUT2D eigenvalue weighted by molar-refractivity contribution is 7.99. The number of fused-ring (bicyclic) bond motifs is 3. The van der Waals surface area contributed by atoms with E-state index in [4.69, 9.17) is 32.9 Å². The first kappa shape index (κ1) is 27.1. The minimum Gasteiger partial charge on any atom is -0.469 e. The summed E-state index contributed by atoms with van der Waals surface area (Å²) in [4.78, 5) is 19.5. The quantitative estimate of drug-likeness (QED) is 0.300. The molecule has 1 atom stereocenters. The number of piperidine rings is 1. The number of rotatable bonds is 8. The summed E-state index contributed by atoms with van der Waals surface area (Å²) in [6, 6.07) is 12.8. The second kappa shape index (κ2) is 12.2. The summed E-state index contributed by atoms with van der Waals surface area (Å²) in [5, 5.41) is 20.8. The Morgan fingerprint density at radius 3 is 2.68 bits per heavy atom. The molecule has 2 aliphatic heterocycles. The van der Waals surface area contributed by atoms with Crippen LogP contribution in [-0.4, -0.2) is 75.1 Å². The molecule has 0 spiro atoms. The molecule has 8 nitrogen and oxygen atoms in total. The first-order valence-electron chi connectivity index (χ1n) is 12.6. The molecule has 3 aromatic rings. The number of likely N-dealkylation sites (tertiary alicyclic amines) is 1. The number of hydrogen-bond acceptors (Lipinski definition) is 8. The Hall–Kier alpha value is -2.43. The molecular weight excluding hydrogens is 545 g/mol. The predicted molar refractivity (Wildman–Crippen MR) is 150 cm³/mol. The molecule has 0 radical (unpaired) electrons. The van der Waals surface area contributed by atoms with Gasteiger partial charge in [0, 0.05) is 53.0 Å². The molecule has 11 heteroatoms. The lowest BCUT2D eigenvalue weighted by Gasteiger charge is -2.29. The van der Waals surface area contributed by atoms with Crippen LogP contribution in [0.2, 0.25) is 10.0 Å². The molecule has 1 saturated heterocycles. The largest absolute Gasteiger partial charge is 0.469 e. The van der Waals surface area contributed by atoms with Crippen LogP contribution in [0.3, 0.4) is 0 Å². The fourth-order valence-corrected chi connectivity index (χ4v) is 6.17. The first-order valence-corrected chi connectivity index (χ1v) is 14.4. The zero-order valence-electron chi connectivity index (χ0n) is 21.0. The monoisotopic (exact) mass is 573 g/mol. The van der Waals surface area contributed by atoms with Gasteiger partial charge >= 0.3 is 5.97 Å². The highest BCUT2D eigenvalue weighted by atomic mass is 35.5. The van der Waals surface area contributed by atoms with Gasteiger partial charge in [0.25, 0.3) is 0 Å². The molecule has 0 bridgehead atoms. The summed E-state index contributed by atoms with van der Waals surface area (Å²) in [6.07, 6.45) is 2.02. The van der Waals surface area contributed by atoms with Gasteiger partial charge in [-0.2, -0.15) is 0 Å². The van der Waals surface area contributed by atoms with Gasteiger partial charge in [-0.1, -0.05) is 53.2 Å². The maximum Gasteiger partial charge on any atom is 0.305 e. The van der Waals surface area contributed by atoms with Gasteiger partial charge in [0.15, 0.2) is 11.0 Å². The molecule has 0 saturated carbocycles. The van der Waals surface area contributed by atoms with Gasteiger partial charge in [-0.15, -0.1) is 10.2 Å². The normalized spacial score (nSPS) is 17.9. The van der Waals surface area contributed by atoms with Crippen molar-refractivity contribution in [2.45, 2.75) is 43.0 Å². The van der Waals surface area contributed by atoms with E-state index in [1.165, 1.54) is 7.11 Å². The molecule has 38 heavy (non-hydrogen) atoms. The average Bonchev–Trinajstić information content (AvgIpc) is 3.28. The maximum atomic E-state index is 12.1. The Bertz CT molecular complexity index is 1340. The van der Waals surface area contributed by atoms with Crippen molar-refractivity contribution in [2.24, 2.45) is 4.99 Å². The molecular formula is C27H29Cl2N5O3S. The van der Waals surface area contributed by atoms with Gasteiger partial charge in [0.2, 0.25) is 0 Å². The fraction of sp³-hybridized carbons (Fsp3) is 0.407. The molecule has 1 N–H and O–H groups in total. The van der Waals surface area contributed by atoms with Crippen LogP contribution < -0.4 is 0 Å². The van der Waals surface area contributed by atoms with Crippen LogP contribution in [-0.2, 0) is 9.53 Å². The average molecular weight is 575 g/mol. The number of benzene rings is 2. The standard InChI is InChI=1S/C27H29Cl2N5O3S/c1-37-24(36)9-7-22-26-31-32-27(38-15-14-33-12-10-18(35)11-13-33)34(26)23-8-6-17(28)16-20(23)25(30-22)19-4-2-3-5-21(19)29/h2-6,8,16,18,22,35H,7,9-15H2,1H3/t22-/m0/s1. The molecule has 200 valence electrons. The second-order valence-electron chi connectivity index (χ2n) is 9.35. The van der Waals surface area contributed by atoms with E-state index in [2.05, 4.69) is 15.1 Å². The maximum absolute atomic E-state index is 12.1. The van der Waals surface area contributed by atoms with Crippen LogP contribution in [0.5, 0.6) is 0 Å². The van der Waals surface area contributed by atoms with Crippen molar-refractivity contribution in [2.75, 3.05) is 32.5 Å². The van der Waals surface area contributed by atoms with E-state index in [0.717, 1.165) is 60.2 Å². The van der Waals surface area contributed by atoms with E-state index in [0.29, 0.717) is 28.0 Å². The minimum absolute atomic E-state index is 0.188. The number of aliphatic imine (C=N–C) groups is 1.